The lowest BCUT2D eigenvalue weighted by Crippen LogP contribution is -2.31. The molecule has 0 aliphatic heterocycles. The van der Waals surface area contributed by atoms with Crippen LogP contribution in [0, 0.1) is 13.8 Å². The summed E-state index contributed by atoms with van der Waals surface area (Å²) in [7, 11) is 1.37. The fraction of sp³-hybridized carbons (Fsp3) is 0.533. The second kappa shape index (κ2) is 8.24. The van der Waals surface area contributed by atoms with Gasteiger partial charge in [-0.1, -0.05) is 6.42 Å². The number of ether oxygens (including phenoxy) is 1. The fourth-order valence-electron chi connectivity index (χ4n) is 2.10. The molecule has 1 aromatic rings. The lowest BCUT2D eigenvalue weighted by Gasteiger charge is -2.07. The number of nitrogens with one attached hydrogen (secondary N) is 2. The van der Waals surface area contributed by atoms with Crippen molar-refractivity contribution < 1.29 is 14.3 Å². The van der Waals surface area contributed by atoms with E-state index in [2.05, 4.69) is 15.0 Å². The number of aromatic nitrogens is 1. The van der Waals surface area contributed by atoms with Gasteiger partial charge in [0.2, 0.25) is 0 Å². The van der Waals surface area contributed by atoms with Crippen molar-refractivity contribution in [1.82, 2.24) is 10.3 Å². The Bertz CT molecular complexity index is 563. The molecule has 0 fully saturated rings. The van der Waals surface area contributed by atoms with Gasteiger partial charge in [0.05, 0.1) is 7.11 Å². The van der Waals surface area contributed by atoms with Gasteiger partial charge in [0.25, 0.3) is 11.5 Å². The lowest BCUT2D eigenvalue weighted by molar-refractivity contribution is -0.140. The van der Waals surface area contributed by atoms with Crippen molar-refractivity contribution in [3.05, 3.63) is 33.2 Å². The number of hydrogen-bond donors (Lipinski definition) is 2. The number of esters is 1. The van der Waals surface area contributed by atoms with Gasteiger partial charge < -0.3 is 15.0 Å². The van der Waals surface area contributed by atoms with Crippen molar-refractivity contribution in [2.45, 2.75) is 39.5 Å². The Kier molecular flexibility index (Phi) is 6.65. The first-order chi connectivity index (χ1) is 9.95. The summed E-state index contributed by atoms with van der Waals surface area (Å²) < 4.78 is 4.54. The second-order valence-corrected chi connectivity index (χ2v) is 4.98. The normalized spacial score (nSPS) is 10.2. The Morgan fingerprint density at radius 3 is 2.57 bits per heavy atom. The second-order valence-electron chi connectivity index (χ2n) is 4.98. The number of rotatable bonds is 7. The molecule has 1 heterocycles. The van der Waals surface area contributed by atoms with Gasteiger partial charge in [-0.3, -0.25) is 14.4 Å². The molecule has 0 aliphatic rings. The zero-order valence-electron chi connectivity index (χ0n) is 12.7. The van der Waals surface area contributed by atoms with Crippen LogP contribution in [0.3, 0.4) is 0 Å². The summed E-state index contributed by atoms with van der Waals surface area (Å²) in [5.74, 6) is -0.581. The summed E-state index contributed by atoms with van der Waals surface area (Å²) in [5.41, 5.74) is 1.20. The van der Waals surface area contributed by atoms with E-state index in [0.29, 0.717) is 18.5 Å². The number of carbonyl (C=O) groups is 2. The van der Waals surface area contributed by atoms with E-state index in [1.807, 2.05) is 0 Å². The molecule has 0 unspecified atom stereocenters. The third-order valence-electron chi connectivity index (χ3n) is 3.16. The van der Waals surface area contributed by atoms with E-state index in [-0.39, 0.29) is 23.0 Å². The number of unbranched alkanes of at least 4 members (excludes halogenated alkanes) is 2. The van der Waals surface area contributed by atoms with Crippen LogP contribution in [0.1, 0.15) is 47.3 Å². The Morgan fingerprint density at radius 2 is 1.95 bits per heavy atom. The average molecular weight is 294 g/mol. The zero-order valence-corrected chi connectivity index (χ0v) is 12.7. The molecule has 116 valence electrons. The van der Waals surface area contributed by atoms with Crippen LogP contribution < -0.4 is 10.9 Å². The van der Waals surface area contributed by atoms with Crippen LogP contribution in [0.15, 0.2) is 10.9 Å². The van der Waals surface area contributed by atoms with Gasteiger partial charge in [-0.15, -0.1) is 0 Å². The van der Waals surface area contributed by atoms with E-state index in [1.165, 1.54) is 7.11 Å². The van der Waals surface area contributed by atoms with Crippen LogP contribution in [0.5, 0.6) is 0 Å². The van der Waals surface area contributed by atoms with Crippen molar-refractivity contribution in [3.8, 4) is 0 Å². The standard InChI is InChI=1S/C15H22N2O4/c1-10-9-11(2)17-15(20)13(10)14(19)16-8-6-4-5-7-12(18)21-3/h9H,4-8H2,1-3H3,(H,16,19)(H,17,20). The summed E-state index contributed by atoms with van der Waals surface area (Å²) >= 11 is 0. The summed E-state index contributed by atoms with van der Waals surface area (Å²) in [6, 6.07) is 1.77. The van der Waals surface area contributed by atoms with Crippen molar-refractivity contribution in [2.75, 3.05) is 13.7 Å². The molecule has 2 N–H and O–H groups in total. The number of aromatic amines is 1. The van der Waals surface area contributed by atoms with Crippen LogP contribution >= 0.6 is 0 Å². The predicted octanol–water partition coefficient (Wildman–Crippen LogP) is 1.45. The summed E-state index contributed by atoms with van der Waals surface area (Å²) in [5, 5.41) is 2.73. The number of amides is 1. The van der Waals surface area contributed by atoms with E-state index in [9.17, 15) is 14.4 Å². The highest BCUT2D eigenvalue weighted by Gasteiger charge is 2.13. The minimum Gasteiger partial charge on any atom is -0.469 e. The molecule has 1 rings (SSSR count). The molecule has 0 spiro atoms. The topological polar surface area (TPSA) is 88.3 Å². The first-order valence-corrected chi connectivity index (χ1v) is 7.01. The largest absolute Gasteiger partial charge is 0.469 e. The maximum Gasteiger partial charge on any atom is 0.305 e. The molecule has 0 saturated heterocycles. The van der Waals surface area contributed by atoms with Gasteiger partial charge in [-0.2, -0.15) is 0 Å². The van der Waals surface area contributed by atoms with Gasteiger partial charge >= 0.3 is 5.97 Å². The minimum absolute atomic E-state index is 0.162. The van der Waals surface area contributed by atoms with Crippen molar-refractivity contribution in [2.24, 2.45) is 0 Å². The third kappa shape index (κ3) is 5.41. The van der Waals surface area contributed by atoms with E-state index in [1.54, 1.807) is 19.9 Å². The smallest absolute Gasteiger partial charge is 0.305 e. The number of hydrogen-bond acceptors (Lipinski definition) is 4. The van der Waals surface area contributed by atoms with Crippen molar-refractivity contribution in [3.63, 3.8) is 0 Å². The van der Waals surface area contributed by atoms with Crippen molar-refractivity contribution in [1.29, 1.82) is 0 Å². The molecule has 6 heteroatoms. The first-order valence-electron chi connectivity index (χ1n) is 7.01. The number of aryl methyl sites for hydroxylation is 2. The molecule has 0 atom stereocenters. The van der Waals surface area contributed by atoms with E-state index in [0.717, 1.165) is 25.0 Å². The van der Waals surface area contributed by atoms with E-state index in [4.69, 9.17) is 0 Å². The maximum atomic E-state index is 12.0. The Morgan fingerprint density at radius 1 is 1.24 bits per heavy atom. The monoisotopic (exact) mass is 294 g/mol. The molecule has 0 aliphatic carbocycles. The van der Waals surface area contributed by atoms with Gasteiger partial charge in [0.15, 0.2) is 0 Å². The van der Waals surface area contributed by atoms with E-state index >= 15 is 0 Å². The number of carbonyl (C=O) groups excluding carboxylic acids is 2. The molecule has 1 amide bonds. The SMILES string of the molecule is COC(=O)CCCCCNC(=O)c1c(C)cc(C)[nH]c1=O. The van der Waals surface area contributed by atoms with Crippen LogP contribution in [0.25, 0.3) is 0 Å². The summed E-state index contributed by atoms with van der Waals surface area (Å²) in [4.78, 5) is 37.3. The summed E-state index contributed by atoms with van der Waals surface area (Å²) in [6.45, 7) is 4.00. The van der Waals surface area contributed by atoms with Crippen LogP contribution in [0.2, 0.25) is 0 Å². The van der Waals surface area contributed by atoms with Gasteiger partial charge in [-0.05, 0) is 38.3 Å². The Balaban J connectivity index is 2.38. The molecule has 21 heavy (non-hydrogen) atoms. The van der Waals surface area contributed by atoms with Gasteiger partial charge in [0, 0.05) is 18.7 Å². The predicted molar refractivity (Wildman–Crippen MR) is 79.4 cm³/mol. The van der Waals surface area contributed by atoms with Gasteiger partial charge in [0.1, 0.15) is 5.56 Å². The molecule has 0 radical (unpaired) electrons. The molecule has 6 nitrogen and oxygen atoms in total. The zero-order chi connectivity index (χ0) is 15.8. The molecule has 0 saturated carbocycles. The highest BCUT2D eigenvalue weighted by atomic mass is 16.5. The molecular formula is C15H22N2O4. The number of H-pyrrole nitrogens is 1. The number of pyridine rings is 1. The highest BCUT2D eigenvalue weighted by molar-refractivity contribution is 5.95. The fourth-order valence-corrected chi connectivity index (χ4v) is 2.10. The van der Waals surface area contributed by atoms with Crippen LogP contribution in [-0.2, 0) is 9.53 Å². The highest BCUT2D eigenvalue weighted by Crippen LogP contribution is 2.04. The Hall–Kier alpha value is -2.11. The molecule has 0 aromatic carbocycles. The minimum atomic E-state index is -0.365. The third-order valence-corrected chi connectivity index (χ3v) is 3.16. The Labute approximate surface area is 123 Å². The molecular weight excluding hydrogens is 272 g/mol. The average Bonchev–Trinajstić information content (AvgIpc) is 2.41. The lowest BCUT2D eigenvalue weighted by atomic mass is 10.1. The van der Waals surface area contributed by atoms with Crippen LogP contribution in [0.4, 0.5) is 0 Å². The summed E-state index contributed by atoms with van der Waals surface area (Å²) in [6.07, 6.45) is 2.69. The molecule has 0 bridgehead atoms. The number of methoxy groups -OCH3 is 1. The van der Waals surface area contributed by atoms with Gasteiger partial charge in [-0.25, -0.2) is 0 Å². The van der Waals surface area contributed by atoms with Crippen molar-refractivity contribution >= 4 is 11.9 Å². The maximum absolute atomic E-state index is 12.0. The molecule has 1 aromatic heterocycles. The van der Waals surface area contributed by atoms with Crippen LogP contribution in [-0.4, -0.2) is 30.5 Å². The first kappa shape index (κ1) is 16.9. The van der Waals surface area contributed by atoms with E-state index < -0.39 is 0 Å². The quantitative estimate of drug-likeness (QED) is 0.588.